The molecule has 1 aromatic rings. The number of hydrogen-bond acceptors (Lipinski definition) is 4. The Kier molecular flexibility index (Phi) is 4.43. The minimum Gasteiger partial charge on any atom is -0.395 e. The van der Waals surface area contributed by atoms with Gasteiger partial charge in [0.1, 0.15) is 5.82 Å². The Morgan fingerprint density at radius 2 is 2.25 bits per heavy atom. The van der Waals surface area contributed by atoms with Crippen molar-refractivity contribution in [2.45, 2.75) is 26.8 Å². The summed E-state index contributed by atoms with van der Waals surface area (Å²) in [6, 6.07) is 2.07. The molecule has 1 N–H and O–H groups in total. The number of aldehydes is 1. The largest absolute Gasteiger partial charge is 0.395 e. The molecule has 1 rings (SSSR count). The number of anilines is 1. The number of carbonyl (C=O) groups is 1. The van der Waals surface area contributed by atoms with Gasteiger partial charge in [0, 0.05) is 24.3 Å². The van der Waals surface area contributed by atoms with E-state index in [0.717, 1.165) is 17.7 Å². The van der Waals surface area contributed by atoms with Crippen molar-refractivity contribution in [1.29, 1.82) is 0 Å². The molecule has 4 nitrogen and oxygen atoms in total. The van der Waals surface area contributed by atoms with E-state index in [-0.39, 0.29) is 12.6 Å². The number of aryl methyl sites for hydroxylation is 1. The van der Waals surface area contributed by atoms with Crippen LogP contribution in [0.25, 0.3) is 0 Å². The third-order valence-corrected chi connectivity index (χ3v) is 2.44. The number of rotatable bonds is 5. The molecule has 1 heterocycles. The highest BCUT2D eigenvalue weighted by Gasteiger charge is 2.13. The van der Waals surface area contributed by atoms with Crippen molar-refractivity contribution in [3.05, 3.63) is 23.4 Å². The molecule has 0 radical (unpaired) electrons. The summed E-state index contributed by atoms with van der Waals surface area (Å²) >= 11 is 0. The molecule has 0 aliphatic heterocycles. The van der Waals surface area contributed by atoms with Gasteiger partial charge in [-0.2, -0.15) is 0 Å². The van der Waals surface area contributed by atoms with E-state index in [2.05, 4.69) is 4.98 Å². The average Bonchev–Trinajstić information content (AvgIpc) is 2.26. The molecule has 0 bridgehead atoms. The van der Waals surface area contributed by atoms with E-state index in [9.17, 15) is 4.79 Å². The van der Waals surface area contributed by atoms with Crippen LogP contribution in [0.4, 0.5) is 5.82 Å². The summed E-state index contributed by atoms with van der Waals surface area (Å²) in [4.78, 5) is 16.9. The molecule has 0 atom stereocenters. The molecule has 0 aliphatic carbocycles. The van der Waals surface area contributed by atoms with Crippen molar-refractivity contribution in [3.63, 3.8) is 0 Å². The van der Waals surface area contributed by atoms with Gasteiger partial charge in [-0.15, -0.1) is 0 Å². The first kappa shape index (κ1) is 12.6. The van der Waals surface area contributed by atoms with Gasteiger partial charge in [-0.3, -0.25) is 4.79 Å². The molecule has 1 aromatic heterocycles. The predicted molar refractivity (Wildman–Crippen MR) is 63.9 cm³/mol. The fraction of sp³-hybridized carbons (Fsp3) is 0.500. The van der Waals surface area contributed by atoms with Crippen LogP contribution in [0.15, 0.2) is 12.3 Å². The van der Waals surface area contributed by atoms with Gasteiger partial charge in [0.2, 0.25) is 0 Å². The summed E-state index contributed by atoms with van der Waals surface area (Å²) in [5.74, 6) is 0.828. The maximum absolute atomic E-state index is 10.6. The first-order chi connectivity index (χ1) is 7.60. The second-order valence-corrected chi connectivity index (χ2v) is 4.04. The zero-order valence-corrected chi connectivity index (χ0v) is 9.97. The fourth-order valence-electron chi connectivity index (χ4n) is 1.67. The Morgan fingerprint density at radius 1 is 1.56 bits per heavy atom. The van der Waals surface area contributed by atoms with E-state index in [1.807, 2.05) is 31.7 Å². The van der Waals surface area contributed by atoms with Crippen LogP contribution >= 0.6 is 0 Å². The number of carbonyl (C=O) groups excluding carboxylic acids is 1. The van der Waals surface area contributed by atoms with Crippen LogP contribution in [0.3, 0.4) is 0 Å². The van der Waals surface area contributed by atoms with Gasteiger partial charge in [0.05, 0.1) is 6.61 Å². The molecule has 0 amide bonds. The average molecular weight is 222 g/mol. The number of aromatic nitrogens is 1. The van der Waals surface area contributed by atoms with Crippen molar-refractivity contribution in [2.75, 3.05) is 18.1 Å². The molecule has 16 heavy (non-hydrogen) atoms. The monoisotopic (exact) mass is 222 g/mol. The van der Waals surface area contributed by atoms with Crippen molar-refractivity contribution in [3.8, 4) is 0 Å². The Bertz CT molecular complexity index is 364. The SMILES string of the molecule is Cc1cc(C=O)cnc1N(CCO)C(C)C. The van der Waals surface area contributed by atoms with Crippen LogP contribution in [-0.2, 0) is 0 Å². The van der Waals surface area contributed by atoms with Crippen LogP contribution in [0, 0.1) is 6.92 Å². The lowest BCUT2D eigenvalue weighted by atomic mass is 10.2. The first-order valence-electron chi connectivity index (χ1n) is 5.39. The van der Waals surface area contributed by atoms with Crippen LogP contribution < -0.4 is 4.90 Å². The highest BCUT2D eigenvalue weighted by molar-refractivity contribution is 5.75. The van der Waals surface area contributed by atoms with Crippen molar-refractivity contribution >= 4 is 12.1 Å². The standard InChI is InChI=1S/C12H18N2O2/c1-9(2)14(4-5-15)12-10(3)6-11(8-16)7-13-12/h6-9,15H,4-5H2,1-3H3. The summed E-state index contributed by atoms with van der Waals surface area (Å²) in [6.07, 6.45) is 2.34. The normalized spacial score (nSPS) is 10.6. The molecule has 0 fully saturated rings. The summed E-state index contributed by atoms with van der Waals surface area (Å²) in [5.41, 5.74) is 1.53. The van der Waals surface area contributed by atoms with Crippen molar-refractivity contribution < 1.29 is 9.90 Å². The predicted octanol–water partition coefficient (Wildman–Crippen LogP) is 1.41. The fourth-order valence-corrected chi connectivity index (χ4v) is 1.67. The second-order valence-electron chi connectivity index (χ2n) is 4.04. The number of aliphatic hydroxyl groups is 1. The van der Waals surface area contributed by atoms with E-state index in [0.29, 0.717) is 12.1 Å². The number of aliphatic hydroxyl groups excluding tert-OH is 1. The van der Waals surface area contributed by atoms with Gasteiger partial charge in [0.25, 0.3) is 0 Å². The van der Waals surface area contributed by atoms with E-state index < -0.39 is 0 Å². The smallest absolute Gasteiger partial charge is 0.151 e. The maximum atomic E-state index is 10.6. The van der Waals surface area contributed by atoms with Gasteiger partial charge in [-0.25, -0.2) is 4.98 Å². The minimum absolute atomic E-state index is 0.0920. The summed E-state index contributed by atoms with van der Waals surface area (Å²) in [6.45, 7) is 6.65. The lowest BCUT2D eigenvalue weighted by molar-refractivity contribution is 0.112. The molecular weight excluding hydrogens is 204 g/mol. The minimum atomic E-state index is 0.0920. The highest BCUT2D eigenvalue weighted by Crippen LogP contribution is 2.19. The zero-order valence-electron chi connectivity index (χ0n) is 9.97. The third-order valence-electron chi connectivity index (χ3n) is 2.44. The van der Waals surface area contributed by atoms with Gasteiger partial charge in [0.15, 0.2) is 6.29 Å². The Morgan fingerprint density at radius 3 is 2.69 bits per heavy atom. The molecule has 0 aliphatic rings. The molecule has 0 saturated heterocycles. The molecule has 0 aromatic carbocycles. The molecule has 0 saturated carbocycles. The van der Waals surface area contributed by atoms with Crippen LogP contribution in [0.1, 0.15) is 29.8 Å². The number of nitrogens with zero attached hydrogens (tertiary/aromatic N) is 2. The quantitative estimate of drug-likeness (QED) is 0.765. The second kappa shape index (κ2) is 5.61. The highest BCUT2D eigenvalue weighted by atomic mass is 16.3. The first-order valence-corrected chi connectivity index (χ1v) is 5.39. The number of pyridine rings is 1. The molecule has 4 heteroatoms. The van der Waals surface area contributed by atoms with Crippen LogP contribution in [-0.4, -0.2) is 35.6 Å². The van der Waals surface area contributed by atoms with E-state index in [1.165, 1.54) is 0 Å². The van der Waals surface area contributed by atoms with E-state index in [4.69, 9.17) is 5.11 Å². The van der Waals surface area contributed by atoms with E-state index >= 15 is 0 Å². The summed E-state index contributed by atoms with van der Waals surface area (Å²) < 4.78 is 0. The van der Waals surface area contributed by atoms with Crippen LogP contribution in [0.5, 0.6) is 0 Å². The lowest BCUT2D eigenvalue weighted by Gasteiger charge is -2.28. The molecule has 0 unspecified atom stereocenters. The van der Waals surface area contributed by atoms with Crippen LogP contribution in [0.2, 0.25) is 0 Å². The lowest BCUT2D eigenvalue weighted by Crippen LogP contribution is -2.34. The number of hydrogen-bond donors (Lipinski definition) is 1. The zero-order chi connectivity index (χ0) is 12.1. The van der Waals surface area contributed by atoms with Crippen molar-refractivity contribution in [2.24, 2.45) is 0 Å². The third kappa shape index (κ3) is 2.79. The van der Waals surface area contributed by atoms with E-state index in [1.54, 1.807) is 6.20 Å². The topological polar surface area (TPSA) is 53.4 Å². The molecular formula is C12H18N2O2. The molecule has 0 spiro atoms. The van der Waals surface area contributed by atoms with Gasteiger partial charge in [-0.1, -0.05) is 0 Å². The molecule has 88 valence electrons. The van der Waals surface area contributed by atoms with Gasteiger partial charge >= 0.3 is 0 Å². The summed E-state index contributed by atoms with van der Waals surface area (Å²) in [5, 5.41) is 9.01. The Hall–Kier alpha value is -1.42. The van der Waals surface area contributed by atoms with Crippen molar-refractivity contribution in [1.82, 2.24) is 4.98 Å². The van der Waals surface area contributed by atoms with Gasteiger partial charge < -0.3 is 10.0 Å². The van der Waals surface area contributed by atoms with Gasteiger partial charge in [-0.05, 0) is 32.4 Å². The summed E-state index contributed by atoms with van der Waals surface area (Å²) in [7, 11) is 0. The Balaban J connectivity index is 3.04. The maximum Gasteiger partial charge on any atom is 0.151 e. The Labute approximate surface area is 95.9 Å².